The van der Waals surface area contributed by atoms with E-state index in [1.54, 1.807) is 31.2 Å². The zero-order valence-electron chi connectivity index (χ0n) is 18.0. The van der Waals surface area contributed by atoms with Gasteiger partial charge in [0, 0.05) is 0 Å². The smallest absolute Gasteiger partial charge is 0.338 e. The van der Waals surface area contributed by atoms with E-state index in [1.807, 2.05) is 30.5 Å². The lowest BCUT2D eigenvalue weighted by Crippen LogP contribution is -2.05. The number of esters is 1. The van der Waals surface area contributed by atoms with Crippen LogP contribution in [0.2, 0.25) is 0 Å². The second-order valence-corrected chi connectivity index (χ2v) is 8.25. The second-order valence-electron chi connectivity index (χ2n) is 6.68. The van der Waals surface area contributed by atoms with Gasteiger partial charge in [0.15, 0.2) is 0 Å². The Morgan fingerprint density at radius 1 is 1.03 bits per heavy atom. The number of aromatic nitrogens is 1. The van der Waals surface area contributed by atoms with E-state index in [-0.39, 0.29) is 5.97 Å². The molecule has 0 atom stereocenters. The highest BCUT2D eigenvalue weighted by molar-refractivity contribution is 7.98. The standard InChI is InChI=1S/C24H24N2O4S2/c1-3-28-24(27)18-8-12-20(13-9-18)30-15-5-4-14-29-19-10-6-17(7-11-19)22-21(16-25)23(31-2)26-32-22/h6-13H,3-5,14-15H2,1-2H3. The van der Waals surface area contributed by atoms with Crippen molar-refractivity contribution in [3.8, 4) is 28.0 Å². The third kappa shape index (κ3) is 6.25. The summed E-state index contributed by atoms with van der Waals surface area (Å²) in [6.45, 7) is 3.30. The fourth-order valence-corrected chi connectivity index (χ4v) is 4.47. The molecule has 32 heavy (non-hydrogen) atoms. The molecule has 0 aliphatic heterocycles. The Balaban J connectivity index is 1.39. The zero-order chi connectivity index (χ0) is 22.8. The van der Waals surface area contributed by atoms with E-state index >= 15 is 0 Å². The van der Waals surface area contributed by atoms with Gasteiger partial charge in [0.05, 0.1) is 30.3 Å². The Kier molecular flexibility index (Phi) is 8.96. The molecule has 2 aromatic carbocycles. The summed E-state index contributed by atoms with van der Waals surface area (Å²) < 4.78 is 20.8. The molecule has 0 fully saturated rings. The Morgan fingerprint density at radius 3 is 2.16 bits per heavy atom. The lowest BCUT2D eigenvalue weighted by Gasteiger charge is -2.09. The third-order valence-electron chi connectivity index (χ3n) is 4.52. The van der Waals surface area contributed by atoms with Crippen molar-refractivity contribution in [3.63, 3.8) is 0 Å². The van der Waals surface area contributed by atoms with Crippen molar-refractivity contribution in [2.45, 2.75) is 24.8 Å². The van der Waals surface area contributed by atoms with Crippen molar-refractivity contribution >= 4 is 29.3 Å². The first-order valence-corrected chi connectivity index (χ1v) is 12.2. The van der Waals surface area contributed by atoms with Crippen LogP contribution in [0, 0.1) is 11.3 Å². The summed E-state index contributed by atoms with van der Waals surface area (Å²) in [5.74, 6) is 1.18. The number of thioether (sulfide) groups is 1. The van der Waals surface area contributed by atoms with Crippen LogP contribution in [0.4, 0.5) is 0 Å². The molecular formula is C24H24N2O4S2. The van der Waals surface area contributed by atoms with Crippen LogP contribution in [0.15, 0.2) is 53.6 Å². The van der Waals surface area contributed by atoms with E-state index in [0.29, 0.717) is 30.9 Å². The van der Waals surface area contributed by atoms with E-state index in [0.717, 1.165) is 39.8 Å². The molecular weight excluding hydrogens is 444 g/mol. The first-order valence-electron chi connectivity index (χ1n) is 10.2. The Morgan fingerprint density at radius 2 is 1.62 bits per heavy atom. The third-order valence-corrected chi connectivity index (χ3v) is 6.22. The van der Waals surface area contributed by atoms with E-state index in [1.165, 1.54) is 23.3 Å². The van der Waals surface area contributed by atoms with E-state index in [9.17, 15) is 10.1 Å². The van der Waals surface area contributed by atoms with Crippen LogP contribution < -0.4 is 9.47 Å². The topological polar surface area (TPSA) is 81.4 Å². The van der Waals surface area contributed by atoms with E-state index in [2.05, 4.69) is 10.4 Å². The van der Waals surface area contributed by atoms with Crippen molar-refractivity contribution in [2.75, 3.05) is 26.1 Å². The first kappa shape index (κ1) is 23.6. The highest BCUT2D eigenvalue weighted by atomic mass is 32.2. The number of hydrogen-bond donors (Lipinski definition) is 0. The summed E-state index contributed by atoms with van der Waals surface area (Å²) in [5, 5.41) is 10.2. The van der Waals surface area contributed by atoms with Gasteiger partial charge in [-0.15, -0.1) is 11.8 Å². The molecule has 0 spiro atoms. The molecule has 0 aliphatic carbocycles. The van der Waals surface area contributed by atoms with Gasteiger partial charge < -0.3 is 14.2 Å². The van der Waals surface area contributed by atoms with Gasteiger partial charge in [0.2, 0.25) is 0 Å². The van der Waals surface area contributed by atoms with Crippen molar-refractivity contribution in [2.24, 2.45) is 0 Å². The summed E-state index contributed by atoms with van der Waals surface area (Å²) >= 11 is 2.82. The lowest BCUT2D eigenvalue weighted by atomic mass is 10.1. The molecule has 0 saturated heterocycles. The Labute approximate surface area is 196 Å². The molecule has 0 saturated carbocycles. The number of carbonyl (C=O) groups is 1. The molecule has 0 amide bonds. The molecule has 166 valence electrons. The average molecular weight is 469 g/mol. The number of nitrogens with zero attached hydrogens (tertiary/aromatic N) is 2. The van der Waals surface area contributed by atoms with Crippen molar-refractivity contribution in [3.05, 3.63) is 59.7 Å². The highest BCUT2D eigenvalue weighted by Crippen LogP contribution is 2.34. The SMILES string of the molecule is CCOC(=O)c1ccc(OCCCCOc2ccc(-c3snc(SC)c3C#N)cc2)cc1. The number of carbonyl (C=O) groups excluding carboxylic acids is 1. The van der Waals surface area contributed by atoms with Crippen molar-refractivity contribution in [1.82, 2.24) is 4.37 Å². The molecule has 1 aromatic heterocycles. The lowest BCUT2D eigenvalue weighted by molar-refractivity contribution is 0.0526. The largest absolute Gasteiger partial charge is 0.494 e. The highest BCUT2D eigenvalue weighted by Gasteiger charge is 2.14. The zero-order valence-corrected chi connectivity index (χ0v) is 19.6. The normalized spacial score (nSPS) is 10.4. The monoisotopic (exact) mass is 468 g/mol. The minimum absolute atomic E-state index is 0.327. The van der Waals surface area contributed by atoms with Gasteiger partial charge >= 0.3 is 5.97 Å². The number of benzene rings is 2. The molecule has 3 rings (SSSR count). The van der Waals surface area contributed by atoms with Gasteiger partial charge in [-0.3, -0.25) is 0 Å². The summed E-state index contributed by atoms with van der Waals surface area (Å²) in [6.07, 6.45) is 3.62. The van der Waals surface area contributed by atoms with Gasteiger partial charge in [-0.25, -0.2) is 4.79 Å². The minimum Gasteiger partial charge on any atom is -0.494 e. The number of ether oxygens (including phenoxy) is 3. The summed E-state index contributed by atoms with van der Waals surface area (Å²) in [7, 11) is 0. The Hall–Kier alpha value is -3.02. The Bertz CT molecular complexity index is 1060. The van der Waals surface area contributed by atoms with Crippen LogP contribution >= 0.6 is 23.3 Å². The molecule has 0 unspecified atom stereocenters. The van der Waals surface area contributed by atoms with Gasteiger partial charge in [0.25, 0.3) is 0 Å². The van der Waals surface area contributed by atoms with Crippen LogP contribution in [0.5, 0.6) is 11.5 Å². The van der Waals surface area contributed by atoms with Crippen LogP contribution in [-0.2, 0) is 4.74 Å². The molecule has 8 heteroatoms. The van der Waals surface area contributed by atoms with Crippen molar-refractivity contribution in [1.29, 1.82) is 5.26 Å². The molecule has 0 aliphatic rings. The van der Waals surface area contributed by atoms with Crippen LogP contribution in [0.25, 0.3) is 10.4 Å². The maximum absolute atomic E-state index is 11.6. The fourth-order valence-electron chi connectivity index (χ4n) is 2.90. The van der Waals surface area contributed by atoms with E-state index in [4.69, 9.17) is 14.2 Å². The first-order chi connectivity index (χ1) is 15.7. The molecule has 0 radical (unpaired) electrons. The predicted octanol–water partition coefficient (Wildman–Crippen LogP) is 5.82. The van der Waals surface area contributed by atoms with Crippen LogP contribution in [0.1, 0.15) is 35.7 Å². The summed E-state index contributed by atoms with van der Waals surface area (Å²) in [5.41, 5.74) is 2.11. The maximum Gasteiger partial charge on any atom is 0.338 e. The summed E-state index contributed by atoms with van der Waals surface area (Å²) in [4.78, 5) is 12.5. The number of hydrogen-bond acceptors (Lipinski definition) is 8. The molecule has 6 nitrogen and oxygen atoms in total. The predicted molar refractivity (Wildman–Crippen MR) is 127 cm³/mol. The molecule has 0 bridgehead atoms. The maximum atomic E-state index is 11.6. The van der Waals surface area contributed by atoms with Gasteiger partial charge in [-0.1, -0.05) is 0 Å². The number of unbranched alkanes of at least 4 members (excludes halogenated alkanes) is 1. The average Bonchev–Trinajstić information content (AvgIpc) is 3.25. The van der Waals surface area contributed by atoms with E-state index < -0.39 is 0 Å². The van der Waals surface area contributed by atoms with Gasteiger partial charge in [-0.05, 0) is 91.6 Å². The van der Waals surface area contributed by atoms with Gasteiger partial charge in [-0.2, -0.15) is 9.64 Å². The number of rotatable bonds is 11. The van der Waals surface area contributed by atoms with Crippen molar-refractivity contribution < 1.29 is 19.0 Å². The number of nitriles is 1. The minimum atomic E-state index is -0.327. The second kappa shape index (κ2) is 12.1. The van der Waals surface area contributed by atoms with Crippen LogP contribution in [0.3, 0.4) is 0 Å². The summed E-state index contributed by atoms with van der Waals surface area (Å²) in [6, 6.07) is 16.9. The molecule has 3 aromatic rings. The molecule has 1 heterocycles. The molecule has 0 N–H and O–H groups in total. The van der Waals surface area contributed by atoms with Gasteiger partial charge in [0.1, 0.15) is 28.2 Å². The fraction of sp³-hybridized carbons (Fsp3) is 0.292. The van der Waals surface area contributed by atoms with Crippen LogP contribution in [-0.4, -0.2) is 36.4 Å². The quantitative estimate of drug-likeness (QED) is 0.199.